The van der Waals surface area contributed by atoms with Crippen LogP contribution in [0.4, 0.5) is 0 Å². The molecular weight excluding hydrogens is 212 g/mol. The summed E-state index contributed by atoms with van der Waals surface area (Å²) in [6.45, 7) is 4.57. The zero-order valence-corrected chi connectivity index (χ0v) is 10.3. The molecule has 3 heterocycles. The lowest BCUT2D eigenvalue weighted by Crippen LogP contribution is -2.27. The first-order chi connectivity index (χ1) is 8.43. The number of aromatic nitrogens is 2. The van der Waals surface area contributed by atoms with Crippen molar-refractivity contribution in [2.24, 2.45) is 0 Å². The van der Waals surface area contributed by atoms with Crippen LogP contribution in [0.15, 0.2) is 6.07 Å². The van der Waals surface area contributed by atoms with Crippen LogP contribution in [0.3, 0.4) is 0 Å². The third kappa shape index (κ3) is 2.53. The van der Waals surface area contributed by atoms with Gasteiger partial charge in [-0.15, -0.1) is 0 Å². The van der Waals surface area contributed by atoms with Gasteiger partial charge in [-0.1, -0.05) is 0 Å². The van der Waals surface area contributed by atoms with Gasteiger partial charge >= 0.3 is 0 Å². The molecule has 4 nitrogen and oxygen atoms in total. The van der Waals surface area contributed by atoms with Gasteiger partial charge < -0.3 is 10.6 Å². The molecule has 0 spiro atoms. The van der Waals surface area contributed by atoms with Crippen molar-refractivity contribution in [2.75, 3.05) is 26.2 Å². The number of piperidine rings is 2. The van der Waals surface area contributed by atoms with E-state index in [9.17, 15) is 0 Å². The van der Waals surface area contributed by atoms with E-state index >= 15 is 0 Å². The molecule has 0 atom stereocenters. The van der Waals surface area contributed by atoms with Gasteiger partial charge in [0.1, 0.15) is 0 Å². The van der Waals surface area contributed by atoms with E-state index in [1.54, 1.807) is 0 Å². The van der Waals surface area contributed by atoms with Gasteiger partial charge in [0.05, 0.1) is 5.69 Å². The molecule has 1 aromatic rings. The fourth-order valence-electron chi connectivity index (χ4n) is 3.02. The highest BCUT2D eigenvalue weighted by Gasteiger charge is 2.21. The summed E-state index contributed by atoms with van der Waals surface area (Å²) < 4.78 is 0. The molecule has 1 aromatic heterocycles. The van der Waals surface area contributed by atoms with E-state index in [1.165, 1.54) is 37.1 Å². The minimum Gasteiger partial charge on any atom is -0.317 e. The van der Waals surface area contributed by atoms with Crippen LogP contribution in [-0.2, 0) is 0 Å². The Bertz CT molecular complexity index is 316. The third-order valence-corrected chi connectivity index (χ3v) is 4.15. The van der Waals surface area contributed by atoms with Gasteiger partial charge in [-0.25, -0.2) is 0 Å². The molecule has 3 rings (SSSR count). The summed E-state index contributed by atoms with van der Waals surface area (Å²) in [5.74, 6) is 1.36. The van der Waals surface area contributed by atoms with E-state index in [0.29, 0.717) is 11.8 Å². The lowest BCUT2D eigenvalue weighted by atomic mass is 9.91. The molecule has 0 aliphatic carbocycles. The van der Waals surface area contributed by atoms with Crippen LogP contribution in [0.5, 0.6) is 0 Å². The lowest BCUT2D eigenvalue weighted by molar-refractivity contribution is 0.453. The normalized spacial score (nSPS) is 24.0. The second-order valence-electron chi connectivity index (χ2n) is 5.30. The Morgan fingerprint density at radius 2 is 1.47 bits per heavy atom. The molecule has 17 heavy (non-hydrogen) atoms. The van der Waals surface area contributed by atoms with E-state index in [4.69, 9.17) is 0 Å². The summed E-state index contributed by atoms with van der Waals surface area (Å²) in [7, 11) is 0. The molecule has 2 aliphatic rings. The molecule has 0 saturated carbocycles. The van der Waals surface area contributed by atoms with Gasteiger partial charge in [-0.05, 0) is 57.9 Å². The predicted octanol–water partition coefficient (Wildman–Crippen LogP) is 1.34. The Balaban J connectivity index is 1.68. The third-order valence-electron chi connectivity index (χ3n) is 4.15. The smallest absolute Gasteiger partial charge is 0.0656 e. The van der Waals surface area contributed by atoms with Crippen LogP contribution in [0.2, 0.25) is 0 Å². The van der Waals surface area contributed by atoms with Gasteiger partial charge in [-0.3, -0.25) is 5.10 Å². The fraction of sp³-hybridized carbons (Fsp3) is 0.769. The standard InChI is InChI=1S/C13H22N4/c1-5-14-6-2-10(1)12-9-13(17-16-12)11-3-7-15-8-4-11/h9-11,14-15H,1-8H2,(H,16,17). The van der Waals surface area contributed by atoms with Crippen LogP contribution in [0.1, 0.15) is 48.9 Å². The summed E-state index contributed by atoms with van der Waals surface area (Å²) in [6, 6.07) is 2.33. The van der Waals surface area contributed by atoms with Crippen molar-refractivity contribution in [3.05, 3.63) is 17.5 Å². The number of aromatic amines is 1. The highest BCUT2D eigenvalue weighted by Crippen LogP contribution is 2.28. The first kappa shape index (κ1) is 11.2. The maximum Gasteiger partial charge on any atom is 0.0656 e. The van der Waals surface area contributed by atoms with Gasteiger partial charge in [0.25, 0.3) is 0 Å². The summed E-state index contributed by atoms with van der Waals surface area (Å²) in [5.41, 5.74) is 2.65. The molecule has 0 unspecified atom stereocenters. The predicted molar refractivity (Wildman–Crippen MR) is 68.3 cm³/mol. The van der Waals surface area contributed by atoms with Crippen molar-refractivity contribution in [3.63, 3.8) is 0 Å². The number of rotatable bonds is 2. The highest BCUT2D eigenvalue weighted by atomic mass is 15.1. The van der Waals surface area contributed by atoms with E-state index < -0.39 is 0 Å². The second-order valence-corrected chi connectivity index (χ2v) is 5.30. The fourth-order valence-corrected chi connectivity index (χ4v) is 3.02. The van der Waals surface area contributed by atoms with Crippen LogP contribution in [0.25, 0.3) is 0 Å². The van der Waals surface area contributed by atoms with E-state index in [1.807, 2.05) is 0 Å². The van der Waals surface area contributed by atoms with Gasteiger partial charge in [0.15, 0.2) is 0 Å². The van der Waals surface area contributed by atoms with Gasteiger partial charge in [0.2, 0.25) is 0 Å². The average Bonchev–Trinajstić information content (AvgIpc) is 2.90. The monoisotopic (exact) mass is 234 g/mol. The first-order valence-electron chi connectivity index (χ1n) is 6.90. The molecule has 2 fully saturated rings. The van der Waals surface area contributed by atoms with Crippen molar-refractivity contribution >= 4 is 0 Å². The van der Waals surface area contributed by atoms with Crippen molar-refractivity contribution in [1.29, 1.82) is 0 Å². The quantitative estimate of drug-likeness (QED) is 0.724. The number of H-pyrrole nitrogens is 1. The van der Waals surface area contributed by atoms with Crippen molar-refractivity contribution in [2.45, 2.75) is 37.5 Å². The Labute approximate surface area is 103 Å². The molecule has 0 radical (unpaired) electrons. The second kappa shape index (κ2) is 5.19. The largest absolute Gasteiger partial charge is 0.317 e. The summed E-state index contributed by atoms with van der Waals surface area (Å²) in [4.78, 5) is 0. The molecule has 0 amide bonds. The Morgan fingerprint density at radius 1 is 0.882 bits per heavy atom. The zero-order chi connectivity index (χ0) is 11.5. The molecule has 94 valence electrons. The molecule has 3 N–H and O–H groups in total. The van der Waals surface area contributed by atoms with E-state index in [-0.39, 0.29) is 0 Å². The van der Waals surface area contributed by atoms with Crippen LogP contribution >= 0.6 is 0 Å². The van der Waals surface area contributed by atoms with E-state index in [2.05, 4.69) is 26.9 Å². The number of nitrogens with one attached hydrogen (secondary N) is 3. The summed E-state index contributed by atoms with van der Waals surface area (Å²) in [6.07, 6.45) is 4.95. The molecule has 2 aliphatic heterocycles. The summed E-state index contributed by atoms with van der Waals surface area (Å²) in [5, 5.41) is 14.6. The van der Waals surface area contributed by atoms with Crippen LogP contribution in [0, 0.1) is 0 Å². The van der Waals surface area contributed by atoms with Crippen molar-refractivity contribution in [3.8, 4) is 0 Å². The Hall–Kier alpha value is -0.870. The molecule has 4 heteroatoms. The SMILES string of the molecule is c1c(C2CCNCC2)n[nH]c1C1CCNCC1. The van der Waals surface area contributed by atoms with Gasteiger partial charge in [0, 0.05) is 17.5 Å². The maximum absolute atomic E-state index is 4.54. The minimum atomic E-state index is 0.669. The number of nitrogens with zero attached hydrogens (tertiary/aromatic N) is 1. The molecule has 0 aromatic carbocycles. The number of hydrogen-bond acceptors (Lipinski definition) is 3. The van der Waals surface area contributed by atoms with Gasteiger partial charge in [-0.2, -0.15) is 5.10 Å². The summed E-state index contributed by atoms with van der Waals surface area (Å²) >= 11 is 0. The molecular formula is C13H22N4. The topological polar surface area (TPSA) is 52.7 Å². The minimum absolute atomic E-state index is 0.669. The average molecular weight is 234 g/mol. The number of hydrogen-bond donors (Lipinski definition) is 3. The Kier molecular flexibility index (Phi) is 3.43. The molecule has 2 saturated heterocycles. The van der Waals surface area contributed by atoms with Crippen LogP contribution < -0.4 is 10.6 Å². The molecule has 0 bridgehead atoms. The lowest BCUT2D eigenvalue weighted by Gasteiger charge is -2.21. The van der Waals surface area contributed by atoms with E-state index in [0.717, 1.165) is 26.2 Å². The zero-order valence-electron chi connectivity index (χ0n) is 10.3. The van der Waals surface area contributed by atoms with Crippen LogP contribution in [-0.4, -0.2) is 36.4 Å². The Morgan fingerprint density at radius 3 is 2.12 bits per heavy atom. The van der Waals surface area contributed by atoms with Crippen molar-refractivity contribution < 1.29 is 0 Å². The first-order valence-corrected chi connectivity index (χ1v) is 6.90. The maximum atomic E-state index is 4.54. The van der Waals surface area contributed by atoms with Crippen molar-refractivity contribution in [1.82, 2.24) is 20.8 Å². The highest BCUT2D eigenvalue weighted by molar-refractivity contribution is 5.18.